The monoisotopic (exact) mass is 343 g/mol. The molecule has 0 radical (unpaired) electrons. The van der Waals surface area contributed by atoms with Crippen LogP contribution in [0.2, 0.25) is 0 Å². The van der Waals surface area contributed by atoms with Gasteiger partial charge in [-0.25, -0.2) is 4.39 Å². The molecule has 132 valence electrons. The van der Waals surface area contributed by atoms with E-state index in [1.807, 2.05) is 0 Å². The number of carbonyl (C=O) groups is 1. The van der Waals surface area contributed by atoms with Crippen LogP contribution < -0.4 is 16.4 Å². The molecule has 3 aliphatic rings. The number of likely N-dealkylation sites (tertiary alicyclic amines) is 1. The zero-order valence-electron chi connectivity index (χ0n) is 14.3. The highest BCUT2D eigenvalue weighted by Crippen LogP contribution is 2.63. The second kappa shape index (κ2) is 5.29. The summed E-state index contributed by atoms with van der Waals surface area (Å²) in [7, 11) is 0. The Balaban J connectivity index is 1.71. The van der Waals surface area contributed by atoms with Gasteiger partial charge in [-0.3, -0.25) is 9.69 Å². The third-order valence-corrected chi connectivity index (χ3v) is 5.73. The standard InChI is InChI=1S/C18H22FN5O/c1-9(2)24-7-10-5-18(10,8-24)13(6-20)17-22-14-4-11(19)3-12(16(21)25)15(14)23-17/h3-4,6,9-10,20,22-23H,5,7-8H2,1-2H3,(H2,21,25)/b17-13+,20-6?. The fourth-order valence-corrected chi connectivity index (χ4v) is 4.26. The maximum atomic E-state index is 13.8. The molecule has 0 aromatic heterocycles. The molecule has 2 atom stereocenters. The number of nitrogens with one attached hydrogen (secondary N) is 3. The third kappa shape index (κ3) is 2.33. The number of fused-ring (bicyclic) bond motifs is 2. The minimum absolute atomic E-state index is 0.0329. The summed E-state index contributed by atoms with van der Waals surface area (Å²) >= 11 is 0. The SMILES string of the molecule is CC(C)N1CC2CC2(/C(C=N)=C2\Nc3cc(F)cc(C(N)=O)c3N2)C1. The molecular formula is C18H22FN5O. The van der Waals surface area contributed by atoms with E-state index in [1.165, 1.54) is 12.3 Å². The van der Waals surface area contributed by atoms with Crippen molar-refractivity contribution in [3.8, 4) is 0 Å². The molecule has 1 aromatic carbocycles. The highest BCUT2D eigenvalue weighted by molar-refractivity contribution is 6.04. The summed E-state index contributed by atoms with van der Waals surface area (Å²) in [6.07, 6.45) is 2.44. The fourth-order valence-electron chi connectivity index (χ4n) is 4.26. The van der Waals surface area contributed by atoms with Crippen molar-refractivity contribution in [1.82, 2.24) is 4.90 Å². The van der Waals surface area contributed by atoms with Crippen molar-refractivity contribution >= 4 is 23.5 Å². The first kappa shape index (κ1) is 16.1. The van der Waals surface area contributed by atoms with Gasteiger partial charge in [0.15, 0.2) is 0 Å². The number of nitrogens with two attached hydrogens (primary N) is 1. The van der Waals surface area contributed by atoms with E-state index < -0.39 is 11.7 Å². The number of amides is 1. The van der Waals surface area contributed by atoms with Crippen molar-refractivity contribution in [2.45, 2.75) is 26.3 Å². The Bertz CT molecular complexity index is 818. The molecular weight excluding hydrogens is 321 g/mol. The summed E-state index contributed by atoms with van der Waals surface area (Å²) in [5, 5.41) is 14.3. The molecule has 1 saturated heterocycles. The number of piperidine rings is 1. The van der Waals surface area contributed by atoms with Gasteiger partial charge in [-0.15, -0.1) is 0 Å². The molecule has 2 heterocycles. The number of halogens is 1. The summed E-state index contributed by atoms with van der Waals surface area (Å²) in [6.45, 7) is 6.32. The zero-order valence-corrected chi connectivity index (χ0v) is 14.3. The van der Waals surface area contributed by atoms with Crippen molar-refractivity contribution < 1.29 is 9.18 Å². The van der Waals surface area contributed by atoms with Crippen LogP contribution in [0.25, 0.3) is 0 Å². The molecule has 1 amide bonds. The quantitative estimate of drug-likeness (QED) is 0.631. The van der Waals surface area contributed by atoms with Gasteiger partial charge in [0, 0.05) is 36.3 Å². The molecule has 1 saturated carbocycles. The fraction of sp³-hybridized carbons (Fsp3) is 0.444. The molecule has 25 heavy (non-hydrogen) atoms. The van der Waals surface area contributed by atoms with Crippen LogP contribution in [0.15, 0.2) is 23.5 Å². The molecule has 1 aliphatic carbocycles. The smallest absolute Gasteiger partial charge is 0.250 e. The predicted molar refractivity (Wildman–Crippen MR) is 95.2 cm³/mol. The van der Waals surface area contributed by atoms with E-state index in [4.69, 9.17) is 11.1 Å². The number of anilines is 2. The van der Waals surface area contributed by atoms with Crippen LogP contribution in [0.1, 0.15) is 30.6 Å². The Hall–Kier alpha value is -2.41. The van der Waals surface area contributed by atoms with Gasteiger partial charge in [0.1, 0.15) is 11.6 Å². The Labute approximate surface area is 145 Å². The summed E-state index contributed by atoms with van der Waals surface area (Å²) in [4.78, 5) is 14.0. The molecule has 6 nitrogen and oxygen atoms in total. The van der Waals surface area contributed by atoms with Gasteiger partial charge in [-0.05, 0) is 38.3 Å². The Morgan fingerprint density at radius 3 is 2.84 bits per heavy atom. The van der Waals surface area contributed by atoms with Crippen LogP contribution in [-0.2, 0) is 0 Å². The first-order chi connectivity index (χ1) is 11.9. The van der Waals surface area contributed by atoms with E-state index >= 15 is 0 Å². The van der Waals surface area contributed by atoms with Gasteiger partial charge in [-0.1, -0.05) is 0 Å². The molecule has 2 aliphatic heterocycles. The van der Waals surface area contributed by atoms with Crippen LogP contribution in [0, 0.1) is 22.6 Å². The second-order valence-electron chi connectivity index (χ2n) is 7.50. The van der Waals surface area contributed by atoms with Gasteiger partial charge in [0.25, 0.3) is 5.91 Å². The topological polar surface area (TPSA) is 94.2 Å². The van der Waals surface area contributed by atoms with E-state index in [1.54, 1.807) is 0 Å². The number of primary amides is 1. The molecule has 2 fully saturated rings. The Kier molecular flexibility index (Phi) is 3.40. The molecule has 0 spiro atoms. The molecule has 1 aromatic rings. The highest BCUT2D eigenvalue weighted by Gasteiger charge is 2.62. The van der Waals surface area contributed by atoms with E-state index in [9.17, 15) is 9.18 Å². The minimum Gasteiger partial charge on any atom is -0.366 e. The van der Waals surface area contributed by atoms with Crippen LogP contribution >= 0.6 is 0 Å². The Morgan fingerprint density at radius 2 is 2.24 bits per heavy atom. The number of carbonyl (C=O) groups excluding carboxylic acids is 1. The van der Waals surface area contributed by atoms with E-state index in [0.29, 0.717) is 29.2 Å². The van der Waals surface area contributed by atoms with Crippen LogP contribution in [0.4, 0.5) is 15.8 Å². The van der Waals surface area contributed by atoms with Crippen molar-refractivity contribution in [1.29, 1.82) is 5.41 Å². The van der Waals surface area contributed by atoms with Gasteiger partial charge in [0.2, 0.25) is 0 Å². The van der Waals surface area contributed by atoms with E-state index in [0.717, 1.165) is 31.1 Å². The van der Waals surface area contributed by atoms with Gasteiger partial charge < -0.3 is 21.8 Å². The maximum Gasteiger partial charge on any atom is 0.250 e. The van der Waals surface area contributed by atoms with Gasteiger partial charge in [0.05, 0.1) is 16.9 Å². The first-order valence-corrected chi connectivity index (χ1v) is 8.52. The average Bonchev–Trinajstić information content (AvgIpc) is 2.91. The van der Waals surface area contributed by atoms with Crippen molar-refractivity contribution in [3.05, 3.63) is 34.9 Å². The molecule has 4 rings (SSSR count). The van der Waals surface area contributed by atoms with Crippen LogP contribution in [0.3, 0.4) is 0 Å². The number of hydrogen-bond acceptors (Lipinski definition) is 5. The second-order valence-corrected chi connectivity index (χ2v) is 7.50. The molecule has 5 N–H and O–H groups in total. The number of hydrogen-bond donors (Lipinski definition) is 4. The number of benzene rings is 1. The molecule has 2 unspecified atom stereocenters. The van der Waals surface area contributed by atoms with Crippen LogP contribution in [0.5, 0.6) is 0 Å². The summed E-state index contributed by atoms with van der Waals surface area (Å²) < 4.78 is 13.8. The highest BCUT2D eigenvalue weighted by atomic mass is 19.1. The summed E-state index contributed by atoms with van der Waals surface area (Å²) in [5.41, 5.74) is 7.30. The van der Waals surface area contributed by atoms with Crippen molar-refractivity contribution in [3.63, 3.8) is 0 Å². The number of nitrogens with zero attached hydrogens (tertiary/aromatic N) is 1. The van der Waals surface area contributed by atoms with Crippen molar-refractivity contribution in [2.75, 3.05) is 23.7 Å². The number of rotatable bonds is 4. The summed E-state index contributed by atoms with van der Waals surface area (Å²) in [5.74, 6) is -0.00399. The molecule has 0 bridgehead atoms. The zero-order chi connectivity index (χ0) is 17.9. The first-order valence-electron chi connectivity index (χ1n) is 8.52. The molecule has 7 heteroatoms. The lowest BCUT2D eigenvalue weighted by Crippen LogP contribution is -2.32. The van der Waals surface area contributed by atoms with E-state index in [-0.39, 0.29) is 11.0 Å². The lowest BCUT2D eigenvalue weighted by atomic mass is 9.95. The largest absolute Gasteiger partial charge is 0.366 e. The van der Waals surface area contributed by atoms with Gasteiger partial charge >= 0.3 is 0 Å². The summed E-state index contributed by atoms with van der Waals surface area (Å²) in [6, 6.07) is 2.94. The van der Waals surface area contributed by atoms with E-state index in [2.05, 4.69) is 29.4 Å². The van der Waals surface area contributed by atoms with Crippen LogP contribution in [-0.4, -0.2) is 36.2 Å². The lowest BCUT2D eigenvalue weighted by molar-refractivity contribution is 0.100. The lowest BCUT2D eigenvalue weighted by Gasteiger charge is -2.25. The maximum absolute atomic E-state index is 13.8. The minimum atomic E-state index is -0.683. The van der Waals surface area contributed by atoms with Gasteiger partial charge in [-0.2, -0.15) is 0 Å². The third-order valence-electron chi connectivity index (χ3n) is 5.73. The average molecular weight is 343 g/mol. The Morgan fingerprint density at radius 1 is 1.48 bits per heavy atom. The predicted octanol–water partition coefficient (Wildman–Crippen LogP) is 2.35. The van der Waals surface area contributed by atoms with Crippen molar-refractivity contribution in [2.24, 2.45) is 17.1 Å². The normalized spacial score (nSPS) is 28.9.